The van der Waals surface area contributed by atoms with Crippen molar-refractivity contribution in [1.29, 1.82) is 5.26 Å². The molecule has 0 aliphatic carbocycles. The molecule has 0 aliphatic heterocycles. The Balaban J connectivity index is 3.33. The molecule has 1 N–H and O–H groups in total. The number of nitrogens with zero attached hydrogens (tertiary/aromatic N) is 1. The first kappa shape index (κ1) is 10.7. The Morgan fingerprint density at radius 2 is 2.29 bits per heavy atom. The molecule has 72 valence electrons. The van der Waals surface area contributed by atoms with E-state index in [1.165, 1.54) is 12.1 Å². The lowest BCUT2D eigenvalue weighted by molar-refractivity contribution is 0.102. The average Bonchev–Trinajstić information content (AvgIpc) is 2.21. The van der Waals surface area contributed by atoms with Crippen LogP contribution in [0, 0.1) is 18.3 Å². The average molecular weight is 254 g/mol. The molecule has 0 saturated heterocycles. The Labute approximate surface area is 90.1 Å². The zero-order valence-electron chi connectivity index (χ0n) is 7.54. The fraction of sp³-hybridized carbons (Fsp3) is 0.200. The molecule has 0 fully saturated rings. The van der Waals surface area contributed by atoms with E-state index in [1.807, 2.05) is 6.07 Å². The normalized spacial score (nSPS) is 9.50. The topological polar surface area (TPSA) is 61.1 Å². The Morgan fingerprint density at radius 3 is 2.79 bits per heavy atom. The summed E-state index contributed by atoms with van der Waals surface area (Å²) in [5, 5.41) is 18.5. The Hall–Kier alpha value is -1.34. The largest absolute Gasteiger partial charge is 0.507 e. The van der Waals surface area contributed by atoms with E-state index in [0.29, 0.717) is 11.1 Å². The number of hydrogen-bond acceptors (Lipinski definition) is 3. The van der Waals surface area contributed by atoms with Gasteiger partial charge in [-0.3, -0.25) is 4.79 Å². The second-order valence-corrected chi connectivity index (χ2v) is 3.36. The molecule has 0 spiro atoms. The Morgan fingerprint density at radius 1 is 1.64 bits per heavy atom. The number of benzene rings is 1. The van der Waals surface area contributed by atoms with Gasteiger partial charge in [-0.15, -0.1) is 0 Å². The summed E-state index contributed by atoms with van der Waals surface area (Å²) in [6.07, 6.45) is 0. The van der Waals surface area contributed by atoms with Crippen molar-refractivity contribution in [3.05, 3.63) is 28.8 Å². The van der Waals surface area contributed by atoms with Gasteiger partial charge in [-0.2, -0.15) is 5.26 Å². The molecule has 4 heteroatoms. The van der Waals surface area contributed by atoms with Gasteiger partial charge in [0.1, 0.15) is 5.75 Å². The molecule has 0 heterocycles. The highest BCUT2D eigenvalue weighted by molar-refractivity contribution is 9.09. The van der Waals surface area contributed by atoms with Gasteiger partial charge < -0.3 is 5.11 Å². The number of nitriles is 1. The van der Waals surface area contributed by atoms with Crippen molar-refractivity contribution in [3.63, 3.8) is 0 Å². The molecule has 0 aliphatic rings. The van der Waals surface area contributed by atoms with Crippen LogP contribution < -0.4 is 0 Å². The number of rotatable bonds is 2. The number of carbonyl (C=O) groups is 1. The van der Waals surface area contributed by atoms with E-state index in [9.17, 15) is 9.90 Å². The van der Waals surface area contributed by atoms with Crippen LogP contribution in [0.5, 0.6) is 5.75 Å². The van der Waals surface area contributed by atoms with Crippen molar-refractivity contribution in [2.75, 3.05) is 5.33 Å². The van der Waals surface area contributed by atoms with Gasteiger partial charge in [0.05, 0.1) is 22.5 Å². The van der Waals surface area contributed by atoms with Crippen LogP contribution in [0.25, 0.3) is 0 Å². The van der Waals surface area contributed by atoms with Crippen molar-refractivity contribution in [1.82, 2.24) is 0 Å². The summed E-state index contributed by atoms with van der Waals surface area (Å²) in [5.74, 6) is -0.302. The number of hydrogen-bond donors (Lipinski definition) is 1. The summed E-state index contributed by atoms with van der Waals surface area (Å²) >= 11 is 3.02. The van der Waals surface area contributed by atoms with Gasteiger partial charge in [-0.05, 0) is 19.1 Å². The number of phenolic OH excluding ortho intramolecular Hbond substituents is 1. The maximum Gasteiger partial charge on any atom is 0.177 e. The van der Waals surface area contributed by atoms with Crippen LogP contribution in [0.15, 0.2) is 12.1 Å². The molecule has 0 radical (unpaired) electrons. The molecular formula is C10H8BrNO2. The number of phenols is 1. The summed E-state index contributed by atoms with van der Waals surface area (Å²) in [4.78, 5) is 11.3. The first-order chi connectivity index (χ1) is 6.61. The first-order valence-electron chi connectivity index (χ1n) is 3.93. The maximum atomic E-state index is 11.3. The smallest absolute Gasteiger partial charge is 0.177 e. The van der Waals surface area contributed by atoms with E-state index in [4.69, 9.17) is 5.26 Å². The van der Waals surface area contributed by atoms with Gasteiger partial charge in [0.2, 0.25) is 0 Å². The third-order valence-electron chi connectivity index (χ3n) is 1.97. The minimum atomic E-state index is -0.199. The number of alkyl halides is 1. The Bertz CT molecular complexity index is 421. The highest BCUT2D eigenvalue weighted by atomic mass is 79.9. The zero-order chi connectivity index (χ0) is 10.7. The first-order valence-corrected chi connectivity index (χ1v) is 5.05. The van der Waals surface area contributed by atoms with Gasteiger partial charge in [-0.1, -0.05) is 15.9 Å². The van der Waals surface area contributed by atoms with Crippen LogP contribution in [0.1, 0.15) is 21.5 Å². The van der Waals surface area contributed by atoms with Crippen LogP contribution in [0.3, 0.4) is 0 Å². The number of Topliss-reactive ketones (excluding diaryl/α,β-unsaturated/α-hetero) is 1. The fourth-order valence-corrected chi connectivity index (χ4v) is 1.42. The van der Waals surface area contributed by atoms with Crippen LogP contribution in [-0.4, -0.2) is 16.2 Å². The van der Waals surface area contributed by atoms with Gasteiger partial charge >= 0.3 is 0 Å². The van der Waals surface area contributed by atoms with Gasteiger partial charge in [0.15, 0.2) is 5.78 Å². The van der Waals surface area contributed by atoms with Crippen molar-refractivity contribution in [2.45, 2.75) is 6.92 Å². The summed E-state index contributed by atoms with van der Waals surface area (Å²) in [6.45, 7) is 1.61. The summed E-state index contributed by atoms with van der Waals surface area (Å²) in [5.41, 5.74) is 1.08. The van der Waals surface area contributed by atoms with Crippen molar-refractivity contribution < 1.29 is 9.90 Å². The van der Waals surface area contributed by atoms with E-state index in [-0.39, 0.29) is 22.4 Å². The molecule has 1 aromatic carbocycles. The third kappa shape index (κ3) is 1.78. The predicted octanol–water partition coefficient (Wildman–Crippen LogP) is 2.15. The fourth-order valence-electron chi connectivity index (χ4n) is 1.12. The number of aromatic hydroxyl groups is 1. The molecule has 1 aromatic rings. The second-order valence-electron chi connectivity index (χ2n) is 2.80. The van der Waals surface area contributed by atoms with E-state index in [1.54, 1.807) is 6.92 Å². The predicted molar refractivity (Wildman–Crippen MR) is 55.7 cm³/mol. The Kier molecular flexibility index (Phi) is 3.26. The van der Waals surface area contributed by atoms with Gasteiger partial charge in [0.25, 0.3) is 0 Å². The maximum absolute atomic E-state index is 11.3. The second kappa shape index (κ2) is 4.25. The molecular weight excluding hydrogens is 246 g/mol. The highest BCUT2D eigenvalue weighted by Crippen LogP contribution is 2.25. The van der Waals surface area contributed by atoms with Crippen molar-refractivity contribution >= 4 is 21.7 Å². The summed E-state index contributed by atoms with van der Waals surface area (Å²) < 4.78 is 0. The molecule has 14 heavy (non-hydrogen) atoms. The van der Waals surface area contributed by atoms with E-state index in [0.717, 1.165) is 0 Å². The third-order valence-corrected chi connectivity index (χ3v) is 2.48. The minimum Gasteiger partial charge on any atom is -0.507 e. The van der Waals surface area contributed by atoms with Crippen LogP contribution in [0.2, 0.25) is 0 Å². The van der Waals surface area contributed by atoms with E-state index >= 15 is 0 Å². The summed E-state index contributed by atoms with van der Waals surface area (Å²) in [7, 11) is 0. The van der Waals surface area contributed by atoms with Crippen LogP contribution in [0.4, 0.5) is 0 Å². The van der Waals surface area contributed by atoms with Gasteiger partial charge in [0, 0.05) is 5.56 Å². The summed E-state index contributed by atoms with van der Waals surface area (Å²) in [6, 6.07) is 4.93. The van der Waals surface area contributed by atoms with Crippen LogP contribution in [-0.2, 0) is 0 Å². The van der Waals surface area contributed by atoms with Gasteiger partial charge in [-0.25, -0.2) is 0 Å². The zero-order valence-corrected chi connectivity index (χ0v) is 9.13. The lowest BCUT2D eigenvalue weighted by Gasteiger charge is -2.05. The minimum absolute atomic E-state index is 0.103. The van der Waals surface area contributed by atoms with Crippen molar-refractivity contribution in [2.24, 2.45) is 0 Å². The standard InChI is InChI=1S/C10H8BrNO2/c1-6-7(5-12)2-3-8(10(6)14)9(13)4-11/h2-3,14H,4H2,1H3. The number of ketones is 1. The number of halogens is 1. The SMILES string of the molecule is Cc1c(C#N)ccc(C(=O)CBr)c1O. The van der Waals surface area contributed by atoms with Crippen LogP contribution >= 0.6 is 15.9 Å². The lowest BCUT2D eigenvalue weighted by Crippen LogP contribution is -2.01. The molecule has 0 atom stereocenters. The highest BCUT2D eigenvalue weighted by Gasteiger charge is 2.13. The molecule has 0 aromatic heterocycles. The van der Waals surface area contributed by atoms with E-state index < -0.39 is 0 Å². The quantitative estimate of drug-likeness (QED) is 0.649. The molecule has 0 saturated carbocycles. The molecule has 1 rings (SSSR count). The number of carbonyl (C=O) groups excluding carboxylic acids is 1. The monoisotopic (exact) mass is 253 g/mol. The lowest BCUT2D eigenvalue weighted by atomic mass is 10.0. The molecule has 0 bridgehead atoms. The molecule has 3 nitrogen and oxygen atoms in total. The van der Waals surface area contributed by atoms with E-state index in [2.05, 4.69) is 15.9 Å². The van der Waals surface area contributed by atoms with Crippen molar-refractivity contribution in [3.8, 4) is 11.8 Å². The molecule has 0 amide bonds. The molecule has 0 unspecified atom stereocenters.